The molecule has 0 atom stereocenters. The maximum Gasteiger partial charge on any atom is 0.340 e. The number of hydrogen-bond acceptors (Lipinski definition) is 3. The molecule has 0 heterocycles. The zero-order valence-electron chi connectivity index (χ0n) is 12.1. The molecule has 1 N–H and O–H groups in total. The van der Waals surface area contributed by atoms with E-state index in [-0.39, 0.29) is 18.9 Å². The molecule has 2 aromatic rings. The lowest BCUT2D eigenvalue weighted by Crippen LogP contribution is -2.17. The van der Waals surface area contributed by atoms with Gasteiger partial charge in [0.2, 0.25) is 5.91 Å². The van der Waals surface area contributed by atoms with Crippen LogP contribution in [0.5, 0.6) is 0 Å². The predicted octanol–water partition coefficient (Wildman–Crippen LogP) is 3.70. The maximum absolute atomic E-state index is 12.1. The Labute approximate surface area is 134 Å². The Morgan fingerprint density at radius 1 is 1.09 bits per heavy atom. The molecule has 0 fully saturated rings. The molecule has 0 aliphatic carbocycles. The number of halogens is 1. The van der Waals surface area contributed by atoms with Crippen LogP contribution in [0.25, 0.3) is 0 Å². The van der Waals surface area contributed by atoms with Gasteiger partial charge in [-0.3, -0.25) is 4.79 Å². The Hall–Kier alpha value is -2.33. The highest BCUT2D eigenvalue weighted by Gasteiger charge is 2.14. The third-order valence-corrected chi connectivity index (χ3v) is 3.37. The number of amides is 1. The summed E-state index contributed by atoms with van der Waals surface area (Å²) in [6.07, 6.45) is 0.136. The van der Waals surface area contributed by atoms with Gasteiger partial charge in [-0.2, -0.15) is 0 Å². The summed E-state index contributed by atoms with van der Waals surface area (Å²) in [6.45, 7) is 2.01. The third-order valence-electron chi connectivity index (χ3n) is 3.01. The fraction of sp³-hybridized carbons (Fsp3) is 0.176. The molecular weight excluding hydrogens is 302 g/mol. The van der Waals surface area contributed by atoms with Crippen LogP contribution in [-0.2, 0) is 16.0 Å². The average molecular weight is 318 g/mol. The number of carbonyl (C=O) groups excluding carboxylic acids is 2. The lowest BCUT2D eigenvalue weighted by atomic mass is 10.1. The Balaban J connectivity index is 2.12. The van der Waals surface area contributed by atoms with E-state index >= 15 is 0 Å². The van der Waals surface area contributed by atoms with Crippen LogP contribution in [-0.4, -0.2) is 18.5 Å². The van der Waals surface area contributed by atoms with Gasteiger partial charge in [0.15, 0.2) is 0 Å². The maximum atomic E-state index is 12.1. The van der Waals surface area contributed by atoms with Gasteiger partial charge in [-0.1, -0.05) is 41.9 Å². The van der Waals surface area contributed by atoms with Crippen molar-refractivity contribution in [3.05, 3.63) is 64.7 Å². The summed E-state index contributed by atoms with van der Waals surface area (Å²) in [5, 5.41) is 3.27. The number of carbonyl (C=O) groups is 2. The summed E-state index contributed by atoms with van der Waals surface area (Å²) < 4.78 is 4.98. The van der Waals surface area contributed by atoms with Gasteiger partial charge in [0, 0.05) is 5.02 Å². The molecular formula is C17H16ClNO3. The topological polar surface area (TPSA) is 55.4 Å². The van der Waals surface area contributed by atoms with E-state index in [1.165, 1.54) is 0 Å². The summed E-state index contributed by atoms with van der Waals surface area (Å²) in [5.41, 5.74) is 1.49. The predicted molar refractivity (Wildman–Crippen MR) is 86.2 cm³/mol. The quantitative estimate of drug-likeness (QED) is 0.855. The number of rotatable bonds is 5. The van der Waals surface area contributed by atoms with Gasteiger partial charge in [0.25, 0.3) is 0 Å². The zero-order chi connectivity index (χ0) is 15.9. The Kier molecular flexibility index (Phi) is 5.55. The van der Waals surface area contributed by atoms with Crippen LogP contribution < -0.4 is 5.32 Å². The van der Waals surface area contributed by atoms with Crippen LogP contribution >= 0.6 is 11.6 Å². The molecule has 1 amide bonds. The second-order valence-electron chi connectivity index (χ2n) is 4.58. The van der Waals surface area contributed by atoms with Crippen molar-refractivity contribution >= 4 is 29.2 Å². The summed E-state index contributed by atoms with van der Waals surface area (Å²) in [4.78, 5) is 24.0. The first-order valence-electron chi connectivity index (χ1n) is 6.91. The van der Waals surface area contributed by atoms with Gasteiger partial charge in [-0.25, -0.2) is 4.79 Å². The van der Waals surface area contributed by atoms with Gasteiger partial charge in [0.05, 0.1) is 24.3 Å². The number of anilines is 1. The number of ether oxygens (including phenoxy) is 1. The molecule has 2 rings (SSSR count). The van der Waals surface area contributed by atoms with E-state index in [1.54, 1.807) is 49.4 Å². The van der Waals surface area contributed by atoms with Crippen LogP contribution in [0.15, 0.2) is 48.5 Å². The SMILES string of the molecule is CCOC(=O)c1ccccc1NC(=O)Cc1ccccc1Cl. The van der Waals surface area contributed by atoms with Crippen molar-refractivity contribution in [2.24, 2.45) is 0 Å². The van der Waals surface area contributed by atoms with Crippen LogP contribution in [0.3, 0.4) is 0 Å². The smallest absolute Gasteiger partial charge is 0.340 e. The standard InChI is InChI=1S/C17H16ClNO3/c1-2-22-17(21)13-8-4-6-10-15(13)19-16(20)11-12-7-3-5-9-14(12)18/h3-10H,2,11H2,1H3,(H,19,20). The molecule has 0 bridgehead atoms. The van der Waals surface area contributed by atoms with Gasteiger partial charge in [-0.05, 0) is 30.7 Å². The van der Waals surface area contributed by atoms with E-state index in [9.17, 15) is 9.59 Å². The molecule has 0 saturated carbocycles. The third kappa shape index (κ3) is 4.09. The minimum atomic E-state index is -0.462. The fourth-order valence-corrected chi connectivity index (χ4v) is 2.19. The average Bonchev–Trinajstić information content (AvgIpc) is 2.50. The van der Waals surface area contributed by atoms with Crippen LogP contribution in [0.2, 0.25) is 5.02 Å². The van der Waals surface area contributed by atoms with Crippen molar-refractivity contribution in [1.82, 2.24) is 0 Å². The van der Waals surface area contributed by atoms with Gasteiger partial charge < -0.3 is 10.1 Å². The zero-order valence-corrected chi connectivity index (χ0v) is 12.9. The summed E-state index contributed by atoms with van der Waals surface area (Å²) >= 11 is 6.04. The minimum Gasteiger partial charge on any atom is -0.462 e. The van der Waals surface area contributed by atoms with Crippen molar-refractivity contribution in [2.75, 3.05) is 11.9 Å². The molecule has 4 nitrogen and oxygen atoms in total. The molecule has 22 heavy (non-hydrogen) atoms. The Morgan fingerprint density at radius 2 is 1.77 bits per heavy atom. The molecule has 0 aliphatic rings. The van der Waals surface area contributed by atoms with Crippen molar-refractivity contribution in [3.8, 4) is 0 Å². The molecule has 0 spiro atoms. The normalized spacial score (nSPS) is 10.1. The van der Waals surface area contributed by atoms with Crippen LogP contribution in [0, 0.1) is 0 Å². The van der Waals surface area contributed by atoms with Crippen molar-refractivity contribution in [1.29, 1.82) is 0 Å². The Morgan fingerprint density at radius 3 is 2.50 bits per heavy atom. The molecule has 0 aliphatic heterocycles. The second-order valence-corrected chi connectivity index (χ2v) is 4.99. The minimum absolute atomic E-state index is 0.136. The van der Waals surface area contributed by atoms with E-state index in [2.05, 4.69) is 5.32 Å². The van der Waals surface area contributed by atoms with Crippen LogP contribution in [0.1, 0.15) is 22.8 Å². The van der Waals surface area contributed by atoms with E-state index in [0.29, 0.717) is 16.3 Å². The summed E-state index contributed by atoms with van der Waals surface area (Å²) in [7, 11) is 0. The highest BCUT2D eigenvalue weighted by molar-refractivity contribution is 6.31. The lowest BCUT2D eigenvalue weighted by molar-refractivity contribution is -0.115. The molecule has 5 heteroatoms. The van der Waals surface area contributed by atoms with E-state index in [1.807, 2.05) is 6.07 Å². The first kappa shape index (κ1) is 16.0. The van der Waals surface area contributed by atoms with E-state index < -0.39 is 5.97 Å². The molecule has 0 saturated heterocycles. The van der Waals surface area contributed by atoms with Crippen molar-refractivity contribution in [2.45, 2.75) is 13.3 Å². The summed E-state index contributed by atoms with van der Waals surface area (Å²) in [5.74, 6) is -0.707. The Bertz CT molecular complexity index is 685. The van der Waals surface area contributed by atoms with Gasteiger partial charge in [0.1, 0.15) is 0 Å². The fourth-order valence-electron chi connectivity index (χ4n) is 1.99. The largest absolute Gasteiger partial charge is 0.462 e. The van der Waals surface area contributed by atoms with E-state index in [4.69, 9.17) is 16.3 Å². The number of esters is 1. The molecule has 0 unspecified atom stereocenters. The lowest BCUT2D eigenvalue weighted by Gasteiger charge is -2.10. The first-order valence-corrected chi connectivity index (χ1v) is 7.29. The number of hydrogen-bond donors (Lipinski definition) is 1. The van der Waals surface area contributed by atoms with Gasteiger partial charge >= 0.3 is 5.97 Å². The van der Waals surface area contributed by atoms with Gasteiger partial charge in [-0.15, -0.1) is 0 Å². The molecule has 114 valence electrons. The number of para-hydroxylation sites is 1. The second kappa shape index (κ2) is 7.61. The summed E-state index contributed by atoms with van der Waals surface area (Å²) in [6, 6.07) is 13.9. The molecule has 0 aromatic heterocycles. The highest BCUT2D eigenvalue weighted by Crippen LogP contribution is 2.19. The van der Waals surface area contributed by atoms with E-state index in [0.717, 1.165) is 5.56 Å². The molecule has 0 radical (unpaired) electrons. The monoisotopic (exact) mass is 317 g/mol. The number of benzene rings is 2. The van der Waals surface area contributed by atoms with Crippen molar-refractivity contribution in [3.63, 3.8) is 0 Å². The van der Waals surface area contributed by atoms with Crippen LogP contribution in [0.4, 0.5) is 5.69 Å². The number of nitrogens with one attached hydrogen (secondary N) is 1. The highest BCUT2D eigenvalue weighted by atomic mass is 35.5. The molecule has 2 aromatic carbocycles. The van der Waals surface area contributed by atoms with Crippen molar-refractivity contribution < 1.29 is 14.3 Å². The first-order chi connectivity index (χ1) is 10.6.